The lowest BCUT2D eigenvalue weighted by atomic mass is 9.99. The van der Waals surface area contributed by atoms with Crippen LogP contribution in [-0.4, -0.2) is 32.1 Å². The first kappa shape index (κ1) is 26.3. The molecule has 2 amide bonds. The minimum Gasteiger partial charge on any atom is -0.493 e. The molecule has 5 rings (SSSR count). The minimum absolute atomic E-state index is 0.0537. The minimum atomic E-state index is -0.581. The van der Waals surface area contributed by atoms with E-state index in [0.717, 1.165) is 34.7 Å². The van der Waals surface area contributed by atoms with Gasteiger partial charge in [-0.05, 0) is 68.0 Å². The molecule has 204 valence electrons. The number of carbonyl (C=O) groups is 2. The Hall–Kier alpha value is -4.27. The Kier molecular flexibility index (Phi) is 7.32. The Morgan fingerprint density at radius 1 is 1.00 bits per heavy atom. The Morgan fingerprint density at radius 3 is 2.49 bits per heavy atom. The van der Waals surface area contributed by atoms with Crippen molar-refractivity contribution in [3.8, 4) is 11.5 Å². The first-order valence-electron chi connectivity index (χ1n) is 13.0. The molecule has 9 heteroatoms. The van der Waals surface area contributed by atoms with Crippen LogP contribution in [0, 0.1) is 13.8 Å². The van der Waals surface area contributed by atoms with Gasteiger partial charge in [-0.1, -0.05) is 6.07 Å². The number of aryl methyl sites for hydroxylation is 2. The molecule has 4 aromatic rings. The van der Waals surface area contributed by atoms with E-state index in [1.165, 1.54) is 7.11 Å². The molecular weight excluding hydrogens is 500 g/mol. The van der Waals surface area contributed by atoms with Crippen molar-refractivity contribution >= 4 is 33.8 Å². The zero-order valence-corrected chi connectivity index (χ0v) is 22.5. The van der Waals surface area contributed by atoms with Gasteiger partial charge in [-0.3, -0.25) is 9.59 Å². The molecule has 0 saturated heterocycles. The quantitative estimate of drug-likeness (QED) is 0.286. The molecule has 39 heavy (non-hydrogen) atoms. The zero-order valence-electron chi connectivity index (χ0n) is 22.5. The number of amides is 2. The molecular formula is C30H32N2O7. The topological polar surface area (TPSA) is 120 Å². The summed E-state index contributed by atoms with van der Waals surface area (Å²) in [4.78, 5) is 38.6. The summed E-state index contributed by atoms with van der Waals surface area (Å²) in [6.45, 7) is 3.82. The predicted molar refractivity (Wildman–Crippen MR) is 146 cm³/mol. The van der Waals surface area contributed by atoms with Gasteiger partial charge in [0, 0.05) is 34.9 Å². The standard InChI is InChI=1S/C30H32N2O7/c1-16-15-38-25-14-26-22(12-21(16)25)17(2)20(30(35)39-26)8-10-28(33)32-23(13-29(34)31-19-6-7-19)18-5-9-24(36-3)27(11-18)37-4/h5,9,11-12,14-15,19,23H,6-8,10,13H2,1-4H3,(H,31,34)(H,32,33). The van der Waals surface area contributed by atoms with Crippen molar-refractivity contribution in [2.45, 2.75) is 58.0 Å². The summed E-state index contributed by atoms with van der Waals surface area (Å²) in [5.74, 6) is 0.636. The van der Waals surface area contributed by atoms with Crippen LogP contribution in [0.5, 0.6) is 11.5 Å². The Morgan fingerprint density at radius 2 is 1.77 bits per heavy atom. The van der Waals surface area contributed by atoms with Crippen molar-refractivity contribution in [3.63, 3.8) is 0 Å². The normalized spacial score (nSPS) is 13.8. The smallest absolute Gasteiger partial charge is 0.339 e. The molecule has 1 aliphatic carbocycles. The van der Waals surface area contributed by atoms with Crippen molar-refractivity contribution in [3.05, 3.63) is 69.3 Å². The third-order valence-electron chi connectivity index (χ3n) is 7.25. The number of methoxy groups -OCH3 is 2. The van der Waals surface area contributed by atoms with Crippen LogP contribution < -0.4 is 25.7 Å². The Labute approximate surface area is 225 Å². The van der Waals surface area contributed by atoms with Crippen molar-refractivity contribution < 1.29 is 27.9 Å². The van der Waals surface area contributed by atoms with Crippen LogP contribution in [0.1, 0.15) is 54.0 Å². The fourth-order valence-corrected chi connectivity index (χ4v) is 4.85. The van der Waals surface area contributed by atoms with E-state index in [4.69, 9.17) is 18.3 Å². The first-order valence-corrected chi connectivity index (χ1v) is 13.0. The molecule has 0 aliphatic heterocycles. The fourth-order valence-electron chi connectivity index (χ4n) is 4.85. The second-order valence-corrected chi connectivity index (χ2v) is 10.0. The highest BCUT2D eigenvalue weighted by molar-refractivity contribution is 5.96. The summed E-state index contributed by atoms with van der Waals surface area (Å²) in [6.07, 6.45) is 3.94. The van der Waals surface area contributed by atoms with Gasteiger partial charge >= 0.3 is 5.63 Å². The molecule has 1 fully saturated rings. The van der Waals surface area contributed by atoms with Crippen LogP contribution in [0.2, 0.25) is 0 Å². The van der Waals surface area contributed by atoms with E-state index in [1.807, 2.05) is 19.9 Å². The Balaban J connectivity index is 1.35. The van der Waals surface area contributed by atoms with E-state index in [1.54, 1.807) is 37.6 Å². The fraction of sp³-hybridized carbons (Fsp3) is 0.367. The van der Waals surface area contributed by atoms with Crippen LogP contribution in [0.3, 0.4) is 0 Å². The summed E-state index contributed by atoms with van der Waals surface area (Å²) >= 11 is 0. The Bertz CT molecular complexity index is 1610. The van der Waals surface area contributed by atoms with Crippen LogP contribution in [0.25, 0.3) is 21.9 Å². The SMILES string of the molecule is COc1ccc(C(CC(=O)NC2CC2)NC(=O)CCc2c(C)c3cc4c(C)coc4cc3oc2=O)cc1OC. The van der Waals surface area contributed by atoms with Crippen molar-refractivity contribution in [2.24, 2.45) is 0 Å². The highest BCUT2D eigenvalue weighted by Crippen LogP contribution is 2.32. The maximum Gasteiger partial charge on any atom is 0.339 e. The van der Waals surface area contributed by atoms with Crippen molar-refractivity contribution in [1.29, 1.82) is 0 Å². The number of rotatable bonds is 10. The van der Waals surface area contributed by atoms with Crippen molar-refractivity contribution in [1.82, 2.24) is 10.6 Å². The summed E-state index contributed by atoms with van der Waals surface area (Å²) in [7, 11) is 3.08. The lowest BCUT2D eigenvalue weighted by Gasteiger charge is -2.20. The molecule has 1 aliphatic rings. The summed E-state index contributed by atoms with van der Waals surface area (Å²) in [6, 6.07) is 8.62. The number of fused-ring (bicyclic) bond motifs is 2. The summed E-state index contributed by atoms with van der Waals surface area (Å²) in [5.41, 5.74) is 3.56. The molecule has 9 nitrogen and oxygen atoms in total. The second kappa shape index (κ2) is 10.8. The lowest BCUT2D eigenvalue weighted by Crippen LogP contribution is -2.34. The molecule has 2 aromatic carbocycles. The van der Waals surface area contributed by atoms with E-state index in [0.29, 0.717) is 33.8 Å². The number of ether oxygens (including phenoxy) is 2. The lowest BCUT2D eigenvalue weighted by molar-refractivity contribution is -0.123. The molecule has 1 unspecified atom stereocenters. The zero-order chi connectivity index (χ0) is 27.7. The van der Waals surface area contributed by atoms with E-state index >= 15 is 0 Å². The van der Waals surface area contributed by atoms with Gasteiger partial charge in [0.1, 0.15) is 11.2 Å². The number of carbonyl (C=O) groups excluding carboxylic acids is 2. The summed E-state index contributed by atoms with van der Waals surface area (Å²) in [5, 5.41) is 7.71. The van der Waals surface area contributed by atoms with Crippen molar-refractivity contribution in [2.75, 3.05) is 14.2 Å². The van der Waals surface area contributed by atoms with Gasteiger partial charge in [0.25, 0.3) is 0 Å². The van der Waals surface area contributed by atoms with E-state index in [-0.39, 0.29) is 37.1 Å². The largest absolute Gasteiger partial charge is 0.493 e. The second-order valence-electron chi connectivity index (χ2n) is 10.0. The third kappa shape index (κ3) is 5.62. The summed E-state index contributed by atoms with van der Waals surface area (Å²) < 4.78 is 21.9. The molecule has 2 N–H and O–H groups in total. The van der Waals surface area contributed by atoms with E-state index < -0.39 is 11.7 Å². The van der Waals surface area contributed by atoms with Crippen LogP contribution >= 0.6 is 0 Å². The van der Waals surface area contributed by atoms with Gasteiger partial charge in [-0.25, -0.2) is 4.79 Å². The average Bonchev–Trinajstić information content (AvgIpc) is 3.66. The monoisotopic (exact) mass is 532 g/mol. The molecule has 1 saturated carbocycles. The van der Waals surface area contributed by atoms with Gasteiger partial charge in [-0.2, -0.15) is 0 Å². The van der Waals surface area contributed by atoms with Gasteiger partial charge in [0.05, 0.1) is 32.9 Å². The molecule has 2 aromatic heterocycles. The number of benzene rings is 2. The van der Waals surface area contributed by atoms with Crippen LogP contribution in [0.15, 0.2) is 50.2 Å². The van der Waals surface area contributed by atoms with E-state index in [9.17, 15) is 14.4 Å². The van der Waals surface area contributed by atoms with E-state index in [2.05, 4.69) is 10.6 Å². The van der Waals surface area contributed by atoms with Gasteiger partial charge in [-0.15, -0.1) is 0 Å². The van der Waals surface area contributed by atoms with Crippen LogP contribution in [-0.2, 0) is 16.0 Å². The highest BCUT2D eigenvalue weighted by atomic mass is 16.5. The highest BCUT2D eigenvalue weighted by Gasteiger charge is 2.26. The molecule has 2 heterocycles. The number of nitrogens with one attached hydrogen (secondary N) is 2. The number of furan rings is 1. The van der Waals surface area contributed by atoms with Gasteiger partial charge in [0.2, 0.25) is 11.8 Å². The maximum absolute atomic E-state index is 13.1. The number of hydrogen-bond acceptors (Lipinski definition) is 7. The molecule has 1 atom stereocenters. The third-order valence-corrected chi connectivity index (χ3v) is 7.25. The predicted octanol–water partition coefficient (Wildman–Crippen LogP) is 4.63. The molecule has 0 bridgehead atoms. The average molecular weight is 533 g/mol. The first-order chi connectivity index (χ1) is 18.8. The number of hydrogen-bond donors (Lipinski definition) is 2. The molecule has 0 radical (unpaired) electrons. The van der Waals surface area contributed by atoms with Gasteiger partial charge < -0.3 is 28.9 Å². The van der Waals surface area contributed by atoms with Crippen LogP contribution in [0.4, 0.5) is 0 Å². The molecule has 0 spiro atoms. The maximum atomic E-state index is 13.1. The van der Waals surface area contributed by atoms with Gasteiger partial charge in [0.15, 0.2) is 11.5 Å².